The van der Waals surface area contributed by atoms with E-state index >= 15 is 0 Å². The molecule has 0 saturated heterocycles. The predicted molar refractivity (Wildman–Crippen MR) is 71.1 cm³/mol. The normalized spacial score (nSPS) is 10.6. The molecule has 0 aromatic heterocycles. The standard InChI is InChI=1S/C15H16O3/c1-8-4-5-12(10(3)9(8)2)15-13(17)6-11(16)7-14(15)18/h4-7,16-18H,1-3H3. The molecule has 0 atom stereocenters. The number of phenolic OH excluding ortho intramolecular Hbond substituents is 3. The lowest BCUT2D eigenvalue weighted by Crippen LogP contribution is -1.91. The molecule has 2 rings (SSSR count). The van der Waals surface area contributed by atoms with E-state index in [1.54, 1.807) is 0 Å². The van der Waals surface area contributed by atoms with Gasteiger partial charge < -0.3 is 15.3 Å². The van der Waals surface area contributed by atoms with Crippen molar-refractivity contribution in [2.24, 2.45) is 0 Å². The van der Waals surface area contributed by atoms with Crippen LogP contribution >= 0.6 is 0 Å². The minimum atomic E-state index is -0.157. The predicted octanol–water partition coefficient (Wildman–Crippen LogP) is 3.40. The molecule has 0 amide bonds. The Balaban J connectivity index is 2.74. The van der Waals surface area contributed by atoms with E-state index in [1.165, 1.54) is 12.1 Å². The van der Waals surface area contributed by atoms with Crippen molar-refractivity contribution in [1.29, 1.82) is 0 Å². The molecule has 0 aliphatic rings. The molecule has 0 heterocycles. The minimum Gasteiger partial charge on any atom is -0.508 e. The van der Waals surface area contributed by atoms with E-state index in [0.29, 0.717) is 5.56 Å². The lowest BCUT2D eigenvalue weighted by Gasteiger charge is -2.14. The van der Waals surface area contributed by atoms with Crippen LogP contribution in [0.15, 0.2) is 24.3 Å². The van der Waals surface area contributed by atoms with Crippen molar-refractivity contribution in [3.05, 3.63) is 41.0 Å². The van der Waals surface area contributed by atoms with Crippen molar-refractivity contribution in [3.63, 3.8) is 0 Å². The van der Waals surface area contributed by atoms with Crippen LogP contribution < -0.4 is 0 Å². The molecule has 94 valence electrons. The number of aromatic hydroxyl groups is 3. The van der Waals surface area contributed by atoms with E-state index in [9.17, 15) is 15.3 Å². The Morgan fingerprint density at radius 1 is 0.778 bits per heavy atom. The third-order valence-corrected chi connectivity index (χ3v) is 3.41. The van der Waals surface area contributed by atoms with Gasteiger partial charge in [0.05, 0.1) is 5.56 Å². The zero-order valence-corrected chi connectivity index (χ0v) is 10.7. The van der Waals surface area contributed by atoms with Gasteiger partial charge in [-0.1, -0.05) is 12.1 Å². The topological polar surface area (TPSA) is 60.7 Å². The second-order valence-electron chi connectivity index (χ2n) is 4.54. The molecular weight excluding hydrogens is 228 g/mol. The zero-order valence-electron chi connectivity index (χ0n) is 10.7. The SMILES string of the molecule is Cc1ccc(-c2c(O)cc(O)cc2O)c(C)c1C. The van der Waals surface area contributed by atoms with Crippen molar-refractivity contribution in [3.8, 4) is 28.4 Å². The maximum absolute atomic E-state index is 9.89. The highest BCUT2D eigenvalue weighted by Crippen LogP contribution is 2.42. The van der Waals surface area contributed by atoms with Gasteiger partial charge in [-0.25, -0.2) is 0 Å². The van der Waals surface area contributed by atoms with Crippen LogP contribution in [-0.2, 0) is 0 Å². The molecule has 18 heavy (non-hydrogen) atoms. The van der Waals surface area contributed by atoms with Gasteiger partial charge in [-0.3, -0.25) is 0 Å². The minimum absolute atomic E-state index is 0.126. The number of hydrogen-bond acceptors (Lipinski definition) is 3. The van der Waals surface area contributed by atoms with Gasteiger partial charge in [0.25, 0.3) is 0 Å². The van der Waals surface area contributed by atoms with E-state index in [2.05, 4.69) is 0 Å². The second-order valence-corrected chi connectivity index (χ2v) is 4.54. The average Bonchev–Trinajstić information content (AvgIpc) is 2.28. The summed E-state index contributed by atoms with van der Waals surface area (Å²) in [7, 11) is 0. The summed E-state index contributed by atoms with van der Waals surface area (Å²) in [6.45, 7) is 5.97. The van der Waals surface area contributed by atoms with Crippen molar-refractivity contribution < 1.29 is 15.3 Å². The lowest BCUT2D eigenvalue weighted by molar-refractivity contribution is 0.430. The van der Waals surface area contributed by atoms with Gasteiger partial charge in [0.15, 0.2) is 0 Å². The smallest absolute Gasteiger partial charge is 0.130 e. The Hall–Kier alpha value is -2.16. The number of rotatable bonds is 1. The molecule has 0 aliphatic heterocycles. The summed E-state index contributed by atoms with van der Waals surface area (Å²) in [6, 6.07) is 6.26. The summed E-state index contributed by atoms with van der Waals surface area (Å²) in [5, 5.41) is 29.1. The molecule has 0 spiro atoms. The number of aryl methyl sites for hydroxylation is 1. The first kappa shape index (κ1) is 12.3. The quantitative estimate of drug-likeness (QED) is 0.720. The maximum Gasteiger partial charge on any atom is 0.130 e. The Kier molecular flexibility index (Phi) is 2.91. The Morgan fingerprint density at radius 3 is 1.89 bits per heavy atom. The van der Waals surface area contributed by atoms with Gasteiger partial charge in [-0.15, -0.1) is 0 Å². The first-order chi connectivity index (χ1) is 8.41. The van der Waals surface area contributed by atoms with Crippen LogP contribution in [0.5, 0.6) is 17.2 Å². The lowest BCUT2D eigenvalue weighted by atomic mass is 9.93. The Labute approximate surface area is 106 Å². The average molecular weight is 244 g/mol. The summed E-state index contributed by atoms with van der Waals surface area (Å²) in [6.07, 6.45) is 0. The van der Waals surface area contributed by atoms with Crippen LogP contribution in [0.25, 0.3) is 11.1 Å². The van der Waals surface area contributed by atoms with Gasteiger partial charge in [-0.05, 0) is 43.0 Å². The first-order valence-electron chi connectivity index (χ1n) is 5.74. The van der Waals surface area contributed by atoms with E-state index in [1.807, 2.05) is 32.9 Å². The molecule has 2 aromatic carbocycles. The molecule has 2 aromatic rings. The zero-order chi connectivity index (χ0) is 13.4. The highest BCUT2D eigenvalue weighted by molar-refractivity contribution is 5.80. The molecule has 3 N–H and O–H groups in total. The summed E-state index contributed by atoms with van der Waals surface area (Å²) >= 11 is 0. The van der Waals surface area contributed by atoms with Crippen LogP contribution in [0, 0.1) is 20.8 Å². The third-order valence-electron chi connectivity index (χ3n) is 3.41. The fourth-order valence-corrected chi connectivity index (χ4v) is 2.10. The van der Waals surface area contributed by atoms with Gasteiger partial charge in [0.2, 0.25) is 0 Å². The molecule has 0 fully saturated rings. The van der Waals surface area contributed by atoms with Crippen LogP contribution in [-0.4, -0.2) is 15.3 Å². The van der Waals surface area contributed by atoms with E-state index in [-0.39, 0.29) is 17.2 Å². The van der Waals surface area contributed by atoms with Crippen LogP contribution in [0.4, 0.5) is 0 Å². The van der Waals surface area contributed by atoms with E-state index in [4.69, 9.17) is 0 Å². The van der Waals surface area contributed by atoms with E-state index in [0.717, 1.165) is 22.3 Å². The van der Waals surface area contributed by atoms with Crippen LogP contribution in [0.2, 0.25) is 0 Å². The molecular formula is C15H16O3. The highest BCUT2D eigenvalue weighted by Gasteiger charge is 2.15. The summed E-state index contributed by atoms with van der Waals surface area (Å²) < 4.78 is 0. The first-order valence-corrected chi connectivity index (χ1v) is 5.74. The summed E-state index contributed by atoms with van der Waals surface area (Å²) in [4.78, 5) is 0. The van der Waals surface area contributed by atoms with Crippen molar-refractivity contribution >= 4 is 0 Å². The number of phenols is 3. The van der Waals surface area contributed by atoms with Gasteiger partial charge in [0.1, 0.15) is 17.2 Å². The Bertz CT molecular complexity index is 592. The second kappa shape index (κ2) is 4.26. The molecule has 3 heteroatoms. The number of hydrogen-bond donors (Lipinski definition) is 3. The monoisotopic (exact) mass is 244 g/mol. The largest absolute Gasteiger partial charge is 0.508 e. The van der Waals surface area contributed by atoms with Gasteiger partial charge in [-0.2, -0.15) is 0 Å². The van der Waals surface area contributed by atoms with Crippen molar-refractivity contribution in [2.75, 3.05) is 0 Å². The van der Waals surface area contributed by atoms with Gasteiger partial charge in [0, 0.05) is 12.1 Å². The molecule has 0 aliphatic carbocycles. The van der Waals surface area contributed by atoms with Gasteiger partial charge >= 0.3 is 0 Å². The Morgan fingerprint density at radius 2 is 1.33 bits per heavy atom. The summed E-state index contributed by atoms with van der Waals surface area (Å²) in [5.41, 5.74) is 4.42. The van der Waals surface area contributed by atoms with Crippen LogP contribution in [0.1, 0.15) is 16.7 Å². The highest BCUT2D eigenvalue weighted by atomic mass is 16.3. The fourth-order valence-electron chi connectivity index (χ4n) is 2.10. The summed E-state index contributed by atoms with van der Waals surface area (Å²) in [5.74, 6) is -0.409. The van der Waals surface area contributed by atoms with E-state index < -0.39 is 0 Å². The molecule has 0 bridgehead atoms. The van der Waals surface area contributed by atoms with Crippen LogP contribution in [0.3, 0.4) is 0 Å². The maximum atomic E-state index is 9.89. The van der Waals surface area contributed by atoms with Crippen molar-refractivity contribution in [1.82, 2.24) is 0 Å². The van der Waals surface area contributed by atoms with Crippen molar-refractivity contribution in [2.45, 2.75) is 20.8 Å². The third kappa shape index (κ3) is 1.88. The fraction of sp³-hybridized carbons (Fsp3) is 0.200. The molecule has 3 nitrogen and oxygen atoms in total. The number of benzene rings is 2. The molecule has 0 saturated carbocycles. The molecule has 0 radical (unpaired) electrons. The molecule has 0 unspecified atom stereocenters.